The fourth-order valence-electron chi connectivity index (χ4n) is 1.85. The number of rotatable bonds is 2. The van der Waals surface area contributed by atoms with Gasteiger partial charge in [0.05, 0.1) is 23.7 Å². The van der Waals surface area contributed by atoms with Gasteiger partial charge in [-0.25, -0.2) is 9.78 Å². The number of urea groups is 1. The van der Waals surface area contributed by atoms with E-state index in [9.17, 15) is 14.4 Å². The van der Waals surface area contributed by atoms with E-state index < -0.39 is 17.8 Å². The van der Waals surface area contributed by atoms with Crippen LogP contribution in [-0.4, -0.2) is 27.8 Å². The number of amides is 4. The summed E-state index contributed by atoms with van der Waals surface area (Å²) in [5.74, 6) is -0.460. The average molecular weight is 271 g/mol. The summed E-state index contributed by atoms with van der Waals surface area (Å²) in [5, 5.41) is 7.26. The van der Waals surface area contributed by atoms with Crippen LogP contribution in [-0.2, 0) is 0 Å². The molecule has 4 N–H and O–H groups in total. The number of imide groups is 1. The molecule has 4 amide bonds. The first kappa shape index (κ1) is 11.9. The highest BCUT2D eigenvalue weighted by atomic mass is 16.2. The van der Waals surface area contributed by atoms with Gasteiger partial charge in [-0.15, -0.1) is 0 Å². The molecule has 0 aliphatic carbocycles. The lowest BCUT2D eigenvalue weighted by atomic mass is 10.1. The van der Waals surface area contributed by atoms with E-state index in [2.05, 4.69) is 25.9 Å². The second-order valence-corrected chi connectivity index (χ2v) is 4.09. The van der Waals surface area contributed by atoms with E-state index in [4.69, 9.17) is 0 Å². The van der Waals surface area contributed by atoms with E-state index in [0.717, 1.165) is 0 Å². The Kier molecular flexibility index (Phi) is 2.68. The second-order valence-electron chi connectivity index (χ2n) is 4.09. The van der Waals surface area contributed by atoms with Crippen LogP contribution in [0.1, 0.15) is 20.7 Å². The number of hydrogen-bond donors (Lipinski definition) is 4. The van der Waals surface area contributed by atoms with E-state index in [0.29, 0.717) is 17.1 Å². The zero-order chi connectivity index (χ0) is 14.1. The molecule has 0 saturated carbocycles. The van der Waals surface area contributed by atoms with Crippen molar-refractivity contribution in [2.45, 2.75) is 0 Å². The zero-order valence-corrected chi connectivity index (χ0v) is 10.1. The van der Waals surface area contributed by atoms with Crippen LogP contribution in [0.3, 0.4) is 0 Å². The molecule has 0 fully saturated rings. The lowest BCUT2D eigenvalue weighted by Gasteiger charge is -2.06. The molecule has 0 spiro atoms. The van der Waals surface area contributed by atoms with Gasteiger partial charge in [0.2, 0.25) is 0 Å². The first-order valence-electron chi connectivity index (χ1n) is 5.69. The smallest absolute Gasteiger partial charge is 0.324 e. The highest BCUT2D eigenvalue weighted by molar-refractivity contribution is 6.22. The summed E-state index contributed by atoms with van der Waals surface area (Å²) in [7, 11) is 0. The Morgan fingerprint density at radius 3 is 2.65 bits per heavy atom. The Labute approximate surface area is 112 Å². The molecule has 0 bridgehead atoms. The first-order valence-corrected chi connectivity index (χ1v) is 5.69. The summed E-state index contributed by atoms with van der Waals surface area (Å²) in [5.41, 5.74) is 0.953. The number of nitrogens with zero attached hydrogens (tertiary/aromatic N) is 1. The molecule has 3 rings (SSSR count). The molecule has 100 valence electrons. The maximum atomic E-state index is 11.7. The van der Waals surface area contributed by atoms with Crippen LogP contribution in [0.2, 0.25) is 0 Å². The van der Waals surface area contributed by atoms with Gasteiger partial charge in [0.25, 0.3) is 11.8 Å². The molecule has 1 aliphatic heterocycles. The van der Waals surface area contributed by atoms with Gasteiger partial charge in [-0.1, -0.05) is 0 Å². The Bertz CT molecular complexity index is 708. The maximum Gasteiger partial charge on any atom is 0.324 e. The van der Waals surface area contributed by atoms with Crippen molar-refractivity contribution in [3.05, 3.63) is 41.9 Å². The van der Waals surface area contributed by atoms with Gasteiger partial charge in [0, 0.05) is 5.69 Å². The van der Waals surface area contributed by atoms with E-state index >= 15 is 0 Å². The molecule has 2 heterocycles. The molecule has 1 aromatic heterocycles. The molecular weight excluding hydrogens is 262 g/mol. The fraction of sp³-hybridized carbons (Fsp3) is 0. The van der Waals surface area contributed by atoms with Gasteiger partial charge in [-0.3, -0.25) is 20.2 Å². The molecule has 20 heavy (non-hydrogen) atoms. The molecular formula is C12H9N5O3. The first-order chi connectivity index (χ1) is 9.63. The summed E-state index contributed by atoms with van der Waals surface area (Å²) in [6, 6.07) is 3.99. The van der Waals surface area contributed by atoms with Crippen molar-refractivity contribution in [2.75, 3.05) is 10.6 Å². The number of fused-ring (bicyclic) bond motifs is 1. The number of aromatic nitrogens is 2. The predicted molar refractivity (Wildman–Crippen MR) is 69.5 cm³/mol. The van der Waals surface area contributed by atoms with Gasteiger partial charge >= 0.3 is 6.03 Å². The Balaban J connectivity index is 1.76. The summed E-state index contributed by atoms with van der Waals surface area (Å²) in [4.78, 5) is 41.0. The van der Waals surface area contributed by atoms with Crippen LogP contribution in [0.25, 0.3) is 0 Å². The molecule has 0 atom stereocenters. The number of hydrogen-bond acceptors (Lipinski definition) is 4. The summed E-state index contributed by atoms with van der Waals surface area (Å²) in [6.45, 7) is 0. The summed E-state index contributed by atoms with van der Waals surface area (Å²) in [6.07, 6.45) is 2.88. The van der Waals surface area contributed by atoms with Crippen LogP contribution >= 0.6 is 0 Å². The number of carbonyl (C=O) groups excluding carboxylic acids is 3. The lowest BCUT2D eigenvalue weighted by molar-refractivity contribution is 0.0879. The van der Waals surface area contributed by atoms with Crippen molar-refractivity contribution < 1.29 is 14.4 Å². The summed E-state index contributed by atoms with van der Waals surface area (Å²) >= 11 is 0. The molecule has 0 unspecified atom stereocenters. The largest absolute Gasteiger partial charge is 0.331 e. The van der Waals surface area contributed by atoms with Crippen LogP contribution in [0.5, 0.6) is 0 Å². The van der Waals surface area contributed by atoms with E-state index in [1.165, 1.54) is 24.7 Å². The van der Waals surface area contributed by atoms with Gasteiger partial charge in [-0.05, 0) is 18.2 Å². The number of nitrogens with one attached hydrogen (secondary N) is 4. The van der Waals surface area contributed by atoms with Gasteiger partial charge in [-0.2, -0.15) is 0 Å². The van der Waals surface area contributed by atoms with Crippen LogP contribution in [0.15, 0.2) is 30.7 Å². The molecule has 0 radical (unpaired) electrons. The normalized spacial score (nSPS) is 12.8. The highest BCUT2D eigenvalue weighted by Gasteiger charge is 2.26. The average Bonchev–Trinajstić information content (AvgIpc) is 2.99. The van der Waals surface area contributed by atoms with Crippen molar-refractivity contribution in [3.8, 4) is 0 Å². The minimum atomic E-state index is -0.487. The lowest BCUT2D eigenvalue weighted by Crippen LogP contribution is -2.20. The third-order valence-corrected chi connectivity index (χ3v) is 2.74. The summed E-state index contributed by atoms with van der Waals surface area (Å²) < 4.78 is 0. The Morgan fingerprint density at radius 1 is 1.10 bits per heavy atom. The molecule has 8 nitrogen and oxygen atoms in total. The second kappa shape index (κ2) is 4.50. The zero-order valence-electron chi connectivity index (χ0n) is 10.1. The predicted octanol–water partition coefficient (Wildman–Crippen LogP) is 0.937. The third-order valence-electron chi connectivity index (χ3n) is 2.74. The Hall–Kier alpha value is -3.16. The highest BCUT2D eigenvalue weighted by Crippen LogP contribution is 2.20. The van der Waals surface area contributed by atoms with Crippen LogP contribution < -0.4 is 16.0 Å². The third kappa shape index (κ3) is 2.09. The van der Waals surface area contributed by atoms with E-state index in [1.807, 2.05) is 0 Å². The van der Waals surface area contributed by atoms with Crippen molar-refractivity contribution in [3.63, 3.8) is 0 Å². The molecule has 8 heteroatoms. The van der Waals surface area contributed by atoms with Crippen molar-refractivity contribution in [2.24, 2.45) is 0 Å². The number of imidazole rings is 1. The SMILES string of the molecule is O=C(Nc1ccc2c(c1)C(=O)NC2=O)Nc1cnc[nH]1. The molecule has 0 saturated heterocycles. The monoisotopic (exact) mass is 271 g/mol. The van der Waals surface area contributed by atoms with E-state index in [-0.39, 0.29) is 5.56 Å². The topological polar surface area (TPSA) is 116 Å². The van der Waals surface area contributed by atoms with Crippen molar-refractivity contribution >= 4 is 29.4 Å². The Morgan fingerprint density at radius 2 is 1.90 bits per heavy atom. The maximum absolute atomic E-state index is 11.7. The van der Waals surface area contributed by atoms with Gasteiger partial charge in [0.15, 0.2) is 0 Å². The van der Waals surface area contributed by atoms with Gasteiger partial charge < -0.3 is 10.3 Å². The number of carbonyl (C=O) groups is 3. The van der Waals surface area contributed by atoms with Crippen molar-refractivity contribution in [1.29, 1.82) is 0 Å². The van der Waals surface area contributed by atoms with Crippen molar-refractivity contribution in [1.82, 2.24) is 15.3 Å². The fourth-order valence-corrected chi connectivity index (χ4v) is 1.85. The minimum absolute atomic E-state index is 0.245. The number of aromatic amines is 1. The quantitative estimate of drug-likeness (QED) is 0.608. The molecule has 2 aromatic rings. The van der Waals surface area contributed by atoms with E-state index in [1.54, 1.807) is 6.07 Å². The van der Waals surface area contributed by atoms with Crippen LogP contribution in [0, 0.1) is 0 Å². The van der Waals surface area contributed by atoms with Crippen LogP contribution in [0.4, 0.5) is 16.3 Å². The number of anilines is 2. The van der Waals surface area contributed by atoms with Gasteiger partial charge in [0.1, 0.15) is 5.82 Å². The minimum Gasteiger partial charge on any atom is -0.331 e. The molecule has 1 aliphatic rings. The number of H-pyrrole nitrogens is 1. The standard InChI is InChI=1S/C12H9N5O3/c18-10-7-2-1-6(3-8(7)11(19)17-10)15-12(20)16-9-4-13-5-14-9/h1-5H,(H,13,14)(H2,15,16,20)(H,17,18,19). The number of benzene rings is 1. The molecule has 1 aromatic carbocycles.